The van der Waals surface area contributed by atoms with Crippen LogP contribution >= 0.6 is 0 Å². The Bertz CT molecular complexity index is 2380. The average Bonchev–Trinajstić information content (AvgIpc) is 3.48. The first kappa shape index (κ1) is 29.3. The molecule has 0 saturated carbocycles. The minimum absolute atomic E-state index is 0.979. The van der Waals surface area contributed by atoms with Crippen LogP contribution < -0.4 is 10.2 Å². The molecule has 0 fully saturated rings. The van der Waals surface area contributed by atoms with Gasteiger partial charge in [-0.05, 0) is 80.6 Å². The van der Waals surface area contributed by atoms with E-state index in [0.29, 0.717) is 0 Å². The fourth-order valence-corrected chi connectivity index (χ4v) is 6.73. The summed E-state index contributed by atoms with van der Waals surface area (Å²) in [4.78, 5) is 6.99. The lowest BCUT2D eigenvalue weighted by atomic mass is 9.92. The van der Waals surface area contributed by atoms with Crippen molar-refractivity contribution < 1.29 is 0 Å². The van der Waals surface area contributed by atoms with Crippen LogP contribution in [0.15, 0.2) is 158 Å². The van der Waals surface area contributed by atoms with E-state index in [2.05, 4.69) is 188 Å². The summed E-state index contributed by atoms with van der Waals surface area (Å²) in [5.74, 6) is 0.979. The van der Waals surface area contributed by atoms with Gasteiger partial charge in [0.05, 0.1) is 22.4 Å². The van der Waals surface area contributed by atoms with Crippen LogP contribution in [-0.4, -0.2) is 23.6 Å². The summed E-state index contributed by atoms with van der Waals surface area (Å²) in [6.45, 7) is 0. The molecule has 8 rings (SSSR count). The van der Waals surface area contributed by atoms with Gasteiger partial charge in [0, 0.05) is 32.4 Å². The van der Waals surface area contributed by atoms with E-state index in [-0.39, 0.29) is 0 Å². The van der Waals surface area contributed by atoms with Crippen molar-refractivity contribution in [3.05, 3.63) is 158 Å². The number of imidazole rings is 1. The van der Waals surface area contributed by atoms with Crippen molar-refractivity contribution in [3.8, 4) is 44.8 Å². The summed E-state index contributed by atoms with van der Waals surface area (Å²) in [6, 6.07) is 56.3. The van der Waals surface area contributed by atoms with Crippen LogP contribution in [0.2, 0.25) is 0 Å². The Balaban J connectivity index is 1.05. The van der Waals surface area contributed by atoms with Gasteiger partial charge in [0.15, 0.2) is 0 Å². The van der Waals surface area contributed by atoms with Gasteiger partial charge >= 0.3 is 0 Å². The molecule has 0 aliphatic rings. The molecule has 1 N–H and O–H groups in total. The number of fused-ring (bicyclic) bond motifs is 2. The minimum atomic E-state index is 0.979. The van der Waals surface area contributed by atoms with Crippen molar-refractivity contribution >= 4 is 38.9 Å². The molecular formula is C44H36N4. The van der Waals surface area contributed by atoms with Crippen LogP contribution in [0.25, 0.3) is 66.6 Å². The molecule has 48 heavy (non-hydrogen) atoms. The van der Waals surface area contributed by atoms with Gasteiger partial charge in [0.25, 0.3) is 0 Å². The van der Waals surface area contributed by atoms with E-state index in [1.807, 2.05) is 6.07 Å². The summed E-state index contributed by atoms with van der Waals surface area (Å²) >= 11 is 0. The van der Waals surface area contributed by atoms with Gasteiger partial charge in [-0.2, -0.15) is 0 Å². The first-order valence-corrected chi connectivity index (χ1v) is 16.3. The maximum absolute atomic E-state index is 4.87. The van der Waals surface area contributed by atoms with Gasteiger partial charge in [-0.15, -0.1) is 0 Å². The Morgan fingerprint density at radius 3 is 1.62 bits per heavy atom. The monoisotopic (exact) mass is 620 g/mol. The number of aryl methyl sites for hydroxylation is 1. The standard InChI is InChI=1S/C44H36N4/c1-47(2)42-16-6-4-14-40(42)45-35-28-26-33(27-29-35)37-11-9-12-38-36(10-8-13-39(37)38)32-22-18-30(19-23-32)31-20-24-34(25-21-31)44-46-41-15-5-7-17-43(41)48(44)3/h4-29,45H,1-3H3. The van der Waals surface area contributed by atoms with Crippen molar-refractivity contribution in [1.82, 2.24) is 9.55 Å². The average molecular weight is 621 g/mol. The molecule has 232 valence electrons. The fraction of sp³-hybridized carbons (Fsp3) is 0.0682. The molecule has 4 nitrogen and oxygen atoms in total. The van der Waals surface area contributed by atoms with Crippen molar-refractivity contribution in [3.63, 3.8) is 0 Å². The van der Waals surface area contributed by atoms with E-state index >= 15 is 0 Å². The Hall–Kier alpha value is -6.13. The van der Waals surface area contributed by atoms with Crippen LogP contribution in [0.4, 0.5) is 17.1 Å². The number of benzene rings is 7. The van der Waals surface area contributed by atoms with Gasteiger partial charge in [-0.3, -0.25) is 0 Å². The number of hydrogen-bond acceptors (Lipinski definition) is 3. The Labute approximate surface area is 281 Å². The normalized spacial score (nSPS) is 11.2. The van der Waals surface area contributed by atoms with Gasteiger partial charge in [-0.1, -0.05) is 121 Å². The molecule has 0 atom stereocenters. The Morgan fingerprint density at radius 2 is 1.02 bits per heavy atom. The molecule has 0 amide bonds. The van der Waals surface area contributed by atoms with E-state index < -0.39 is 0 Å². The SMILES string of the molecule is CN(C)c1ccccc1Nc1ccc(-c2cccc3c(-c4ccc(-c5ccc(-c6nc7ccccc7n6C)cc5)cc4)cccc23)cc1. The maximum atomic E-state index is 4.87. The highest BCUT2D eigenvalue weighted by atomic mass is 15.1. The van der Waals surface area contributed by atoms with Gasteiger partial charge in [0.1, 0.15) is 5.82 Å². The van der Waals surface area contributed by atoms with Crippen LogP contribution in [0, 0.1) is 0 Å². The summed E-state index contributed by atoms with van der Waals surface area (Å²) < 4.78 is 2.16. The third-order valence-corrected chi connectivity index (χ3v) is 9.24. The zero-order chi connectivity index (χ0) is 32.6. The molecular weight excluding hydrogens is 585 g/mol. The lowest BCUT2D eigenvalue weighted by molar-refractivity contribution is 0.959. The molecule has 4 heteroatoms. The van der Waals surface area contributed by atoms with E-state index in [1.165, 1.54) is 44.2 Å². The zero-order valence-electron chi connectivity index (χ0n) is 27.4. The van der Waals surface area contributed by atoms with Crippen LogP contribution in [0.5, 0.6) is 0 Å². The van der Waals surface area contributed by atoms with E-state index in [0.717, 1.165) is 39.5 Å². The maximum Gasteiger partial charge on any atom is 0.140 e. The number of nitrogens with zero attached hydrogens (tertiary/aromatic N) is 3. The molecule has 0 saturated heterocycles. The first-order chi connectivity index (χ1) is 23.5. The molecule has 0 radical (unpaired) electrons. The molecule has 0 unspecified atom stereocenters. The number of nitrogens with one attached hydrogen (secondary N) is 1. The van der Waals surface area contributed by atoms with Crippen LogP contribution in [0.1, 0.15) is 0 Å². The second-order valence-corrected chi connectivity index (χ2v) is 12.5. The quantitative estimate of drug-likeness (QED) is 0.192. The summed E-state index contributed by atoms with van der Waals surface area (Å²) in [5, 5.41) is 6.08. The number of para-hydroxylation sites is 4. The molecule has 0 spiro atoms. The highest BCUT2D eigenvalue weighted by Crippen LogP contribution is 2.37. The topological polar surface area (TPSA) is 33.1 Å². The van der Waals surface area contributed by atoms with Gasteiger partial charge in [-0.25, -0.2) is 4.98 Å². The predicted octanol–water partition coefficient (Wildman–Crippen LogP) is 11.2. The molecule has 0 bridgehead atoms. The smallest absolute Gasteiger partial charge is 0.140 e. The molecule has 8 aromatic rings. The second kappa shape index (κ2) is 12.2. The molecule has 7 aromatic carbocycles. The van der Waals surface area contributed by atoms with E-state index in [9.17, 15) is 0 Å². The first-order valence-electron chi connectivity index (χ1n) is 16.3. The van der Waals surface area contributed by atoms with Gasteiger partial charge < -0.3 is 14.8 Å². The highest BCUT2D eigenvalue weighted by molar-refractivity contribution is 6.04. The molecule has 0 aliphatic heterocycles. The van der Waals surface area contributed by atoms with Crippen molar-refractivity contribution in [1.29, 1.82) is 0 Å². The summed E-state index contributed by atoms with van der Waals surface area (Å²) in [6.07, 6.45) is 0. The largest absolute Gasteiger partial charge is 0.376 e. The lowest BCUT2D eigenvalue weighted by Gasteiger charge is -2.18. The molecule has 1 aromatic heterocycles. The molecule has 1 heterocycles. The Kier molecular flexibility index (Phi) is 7.46. The highest BCUT2D eigenvalue weighted by Gasteiger charge is 2.12. The molecule has 0 aliphatic carbocycles. The van der Waals surface area contributed by atoms with Crippen molar-refractivity contribution in [2.45, 2.75) is 0 Å². The van der Waals surface area contributed by atoms with Crippen molar-refractivity contribution in [2.24, 2.45) is 7.05 Å². The number of hydrogen-bond donors (Lipinski definition) is 1. The zero-order valence-corrected chi connectivity index (χ0v) is 27.4. The number of aromatic nitrogens is 2. The lowest BCUT2D eigenvalue weighted by Crippen LogP contribution is -2.10. The predicted molar refractivity (Wildman–Crippen MR) is 204 cm³/mol. The summed E-state index contributed by atoms with van der Waals surface area (Å²) in [7, 11) is 6.21. The van der Waals surface area contributed by atoms with Crippen molar-refractivity contribution in [2.75, 3.05) is 24.3 Å². The number of rotatable bonds is 7. The third kappa shape index (κ3) is 5.37. The van der Waals surface area contributed by atoms with Crippen LogP contribution in [-0.2, 0) is 7.05 Å². The minimum Gasteiger partial charge on any atom is -0.376 e. The van der Waals surface area contributed by atoms with Gasteiger partial charge in [0.2, 0.25) is 0 Å². The second-order valence-electron chi connectivity index (χ2n) is 12.5. The van der Waals surface area contributed by atoms with Crippen LogP contribution in [0.3, 0.4) is 0 Å². The Morgan fingerprint density at radius 1 is 0.500 bits per heavy atom. The number of anilines is 3. The summed E-state index contributed by atoms with van der Waals surface area (Å²) in [5.41, 5.74) is 13.8. The van der Waals surface area contributed by atoms with E-state index in [4.69, 9.17) is 4.98 Å². The third-order valence-electron chi connectivity index (χ3n) is 9.24. The fourth-order valence-electron chi connectivity index (χ4n) is 6.73. The van der Waals surface area contributed by atoms with E-state index in [1.54, 1.807) is 0 Å².